The lowest BCUT2D eigenvalue weighted by Gasteiger charge is -2.38. The Bertz CT molecular complexity index is 1760. The third kappa shape index (κ3) is 10.1. The lowest BCUT2D eigenvalue weighted by Crippen LogP contribution is -2.57. The molecular formula is C40H48N6O5. The molecule has 0 saturated carbocycles. The van der Waals surface area contributed by atoms with Crippen LogP contribution in [0.5, 0.6) is 0 Å². The van der Waals surface area contributed by atoms with Gasteiger partial charge in [0.1, 0.15) is 6.04 Å². The number of urea groups is 1. The lowest BCUT2D eigenvalue weighted by molar-refractivity contribution is -0.129. The number of nitrogens with zero attached hydrogens (tertiary/aromatic N) is 4. The highest BCUT2D eigenvalue weighted by molar-refractivity contribution is 5.89. The van der Waals surface area contributed by atoms with E-state index in [-0.39, 0.29) is 24.8 Å². The van der Waals surface area contributed by atoms with Crippen molar-refractivity contribution in [1.29, 1.82) is 0 Å². The van der Waals surface area contributed by atoms with Gasteiger partial charge < -0.3 is 30.6 Å². The quantitative estimate of drug-likeness (QED) is 0.137. The third-order valence-electron chi connectivity index (χ3n) is 9.15. The van der Waals surface area contributed by atoms with Crippen molar-refractivity contribution in [3.63, 3.8) is 0 Å². The summed E-state index contributed by atoms with van der Waals surface area (Å²) in [5.74, 6) is -0.334. The Morgan fingerprint density at radius 1 is 0.863 bits per heavy atom. The van der Waals surface area contributed by atoms with Crippen molar-refractivity contribution in [3.8, 4) is 11.3 Å². The van der Waals surface area contributed by atoms with Crippen LogP contribution in [0, 0.1) is 12.3 Å². The van der Waals surface area contributed by atoms with Gasteiger partial charge in [0.25, 0.3) is 0 Å². The highest BCUT2D eigenvalue weighted by Crippen LogP contribution is 2.29. The summed E-state index contributed by atoms with van der Waals surface area (Å²) in [7, 11) is 0. The van der Waals surface area contributed by atoms with Crippen LogP contribution in [0.3, 0.4) is 0 Å². The van der Waals surface area contributed by atoms with Gasteiger partial charge in [-0.3, -0.25) is 14.8 Å². The molecule has 4 amide bonds. The van der Waals surface area contributed by atoms with E-state index in [4.69, 9.17) is 0 Å². The number of aliphatic hydroxyl groups is 1. The van der Waals surface area contributed by atoms with Crippen LogP contribution in [0.15, 0.2) is 97.2 Å². The Balaban J connectivity index is 1.38. The minimum absolute atomic E-state index is 0.0709. The van der Waals surface area contributed by atoms with E-state index in [0.717, 1.165) is 33.8 Å². The molecule has 2 aromatic carbocycles. The van der Waals surface area contributed by atoms with E-state index < -0.39 is 35.7 Å². The first-order valence-corrected chi connectivity index (χ1v) is 17.4. The van der Waals surface area contributed by atoms with Crippen LogP contribution in [0.1, 0.15) is 49.7 Å². The minimum atomic E-state index is -1.24. The van der Waals surface area contributed by atoms with Crippen LogP contribution in [0.4, 0.5) is 9.59 Å². The van der Waals surface area contributed by atoms with Crippen molar-refractivity contribution in [2.24, 2.45) is 5.41 Å². The van der Waals surface area contributed by atoms with Gasteiger partial charge in [-0.2, -0.15) is 0 Å². The molecule has 0 aliphatic carbocycles. The van der Waals surface area contributed by atoms with Gasteiger partial charge in [-0.25, -0.2) is 9.59 Å². The number of hydrogen-bond donors (Lipinski definition) is 4. The number of aliphatic hydroxyl groups excluding tert-OH is 1. The summed E-state index contributed by atoms with van der Waals surface area (Å²) in [6.07, 6.45) is 0.0766. The van der Waals surface area contributed by atoms with Crippen LogP contribution < -0.4 is 10.6 Å². The van der Waals surface area contributed by atoms with Crippen LogP contribution in [-0.2, 0) is 24.2 Å². The van der Waals surface area contributed by atoms with Crippen molar-refractivity contribution in [2.75, 3.05) is 13.1 Å². The van der Waals surface area contributed by atoms with Gasteiger partial charge in [0, 0.05) is 36.6 Å². The average molecular weight is 693 g/mol. The van der Waals surface area contributed by atoms with Gasteiger partial charge in [0.15, 0.2) is 0 Å². The zero-order valence-corrected chi connectivity index (χ0v) is 29.7. The largest absolute Gasteiger partial charge is 0.465 e. The molecule has 3 heterocycles. The Morgan fingerprint density at radius 3 is 2.22 bits per heavy atom. The summed E-state index contributed by atoms with van der Waals surface area (Å²) >= 11 is 0. The predicted molar refractivity (Wildman–Crippen MR) is 196 cm³/mol. The highest BCUT2D eigenvalue weighted by Gasteiger charge is 2.44. The number of aromatic nitrogens is 2. The maximum atomic E-state index is 14.4. The molecule has 0 unspecified atom stereocenters. The van der Waals surface area contributed by atoms with Crippen molar-refractivity contribution in [3.05, 3.63) is 120 Å². The average Bonchev–Trinajstić information content (AvgIpc) is 3.43. The van der Waals surface area contributed by atoms with E-state index in [1.54, 1.807) is 16.0 Å². The Labute approximate surface area is 299 Å². The molecule has 268 valence electrons. The Morgan fingerprint density at radius 2 is 1.57 bits per heavy atom. The van der Waals surface area contributed by atoms with Crippen molar-refractivity contribution < 1.29 is 24.6 Å². The number of hydrogen-bond acceptors (Lipinski definition) is 6. The summed E-state index contributed by atoms with van der Waals surface area (Å²) in [6.45, 7) is 8.89. The third-order valence-corrected chi connectivity index (χ3v) is 9.15. The maximum absolute atomic E-state index is 14.4. The SMILES string of the molecule is Cc1cccc(CN2CCN([C@H](C(=O)N[C@@H](Cc3ccc(-c4ccccn4)cc3)C[C@@H](O)[C@H](Cc3ccccc3)NC(=O)O)C(C)(C)C)C2=O)n1. The first kappa shape index (κ1) is 37.0. The molecular weight excluding hydrogens is 644 g/mol. The maximum Gasteiger partial charge on any atom is 0.404 e. The summed E-state index contributed by atoms with van der Waals surface area (Å²) in [6, 6.07) is 26.2. The monoisotopic (exact) mass is 692 g/mol. The Kier molecular flexibility index (Phi) is 12.0. The topological polar surface area (TPSA) is 148 Å². The van der Waals surface area contributed by atoms with E-state index >= 15 is 0 Å². The van der Waals surface area contributed by atoms with Crippen LogP contribution in [0.25, 0.3) is 11.3 Å². The molecule has 0 radical (unpaired) electrons. The minimum Gasteiger partial charge on any atom is -0.465 e. The molecule has 51 heavy (non-hydrogen) atoms. The smallest absolute Gasteiger partial charge is 0.404 e. The van der Waals surface area contributed by atoms with Gasteiger partial charge >= 0.3 is 12.1 Å². The van der Waals surface area contributed by atoms with E-state index in [0.29, 0.717) is 26.1 Å². The van der Waals surface area contributed by atoms with Crippen LogP contribution in [0.2, 0.25) is 0 Å². The number of carboxylic acid groups (broad SMARTS) is 1. The normalized spacial score (nSPS) is 15.6. The molecule has 1 aliphatic heterocycles. The molecule has 5 rings (SSSR count). The number of carbonyl (C=O) groups is 3. The second-order valence-corrected chi connectivity index (χ2v) is 14.3. The molecule has 11 nitrogen and oxygen atoms in total. The molecule has 4 atom stereocenters. The van der Waals surface area contributed by atoms with Crippen molar-refractivity contribution in [1.82, 2.24) is 30.4 Å². The summed E-state index contributed by atoms with van der Waals surface area (Å²) < 4.78 is 0. The molecule has 1 saturated heterocycles. The number of aryl methyl sites for hydroxylation is 1. The van der Waals surface area contributed by atoms with E-state index in [1.807, 2.05) is 119 Å². The van der Waals surface area contributed by atoms with Gasteiger partial charge in [-0.1, -0.05) is 87.5 Å². The molecule has 4 aromatic rings. The first-order chi connectivity index (χ1) is 24.4. The van der Waals surface area contributed by atoms with Crippen LogP contribution in [-0.4, -0.2) is 85.3 Å². The zero-order valence-electron chi connectivity index (χ0n) is 29.7. The molecule has 1 aliphatic rings. The van der Waals surface area contributed by atoms with Crippen molar-refractivity contribution >= 4 is 18.0 Å². The first-order valence-electron chi connectivity index (χ1n) is 17.4. The fourth-order valence-electron chi connectivity index (χ4n) is 6.74. The lowest BCUT2D eigenvalue weighted by atomic mass is 9.84. The van der Waals surface area contributed by atoms with Crippen LogP contribution >= 0.6 is 0 Å². The van der Waals surface area contributed by atoms with Gasteiger partial charge in [-0.15, -0.1) is 0 Å². The fourth-order valence-corrected chi connectivity index (χ4v) is 6.74. The van der Waals surface area contributed by atoms with Gasteiger partial charge in [-0.05, 0) is 67.0 Å². The number of benzene rings is 2. The second kappa shape index (κ2) is 16.6. The molecule has 2 aromatic heterocycles. The molecule has 4 N–H and O–H groups in total. The van der Waals surface area contributed by atoms with E-state index in [1.165, 1.54) is 0 Å². The van der Waals surface area contributed by atoms with Gasteiger partial charge in [0.2, 0.25) is 5.91 Å². The molecule has 11 heteroatoms. The number of carbonyl (C=O) groups excluding carboxylic acids is 2. The summed E-state index contributed by atoms with van der Waals surface area (Å²) in [5, 5.41) is 26.9. The fraction of sp³-hybridized carbons (Fsp3) is 0.375. The number of nitrogens with one attached hydrogen (secondary N) is 2. The van der Waals surface area contributed by atoms with E-state index in [9.17, 15) is 24.6 Å². The molecule has 1 fully saturated rings. The van der Waals surface area contributed by atoms with E-state index in [2.05, 4.69) is 20.6 Å². The second-order valence-electron chi connectivity index (χ2n) is 14.3. The van der Waals surface area contributed by atoms with Crippen molar-refractivity contribution in [2.45, 2.75) is 77.7 Å². The standard InChI is InChI=1S/C40H48N6O5/c1-27-11-10-14-31(42-27)26-45-21-22-46(39(45)51)36(40(2,3)4)37(48)43-32(23-29-16-18-30(19-17-29)33-15-8-9-20-41-33)25-35(47)34(44-38(49)50)24-28-12-6-5-7-13-28/h5-20,32,34-36,44,47H,21-26H2,1-4H3,(H,43,48)(H,49,50)/t32-,34-,35+,36+/m0/s1. The summed E-state index contributed by atoms with van der Waals surface area (Å²) in [4.78, 5) is 52.3. The molecule has 0 bridgehead atoms. The Hall–Kier alpha value is -5.29. The number of amides is 4. The zero-order chi connectivity index (χ0) is 36.5. The number of pyridine rings is 2. The summed E-state index contributed by atoms with van der Waals surface area (Å²) in [5.41, 5.74) is 4.59. The highest BCUT2D eigenvalue weighted by atomic mass is 16.4. The van der Waals surface area contributed by atoms with Gasteiger partial charge in [0.05, 0.1) is 30.1 Å². The number of rotatable bonds is 14. The molecule has 0 spiro atoms. The predicted octanol–water partition coefficient (Wildman–Crippen LogP) is 5.46.